The Labute approximate surface area is 121 Å². The number of aliphatic hydroxyl groups excluding tert-OH is 1. The standard InChI is InChI=1S/C15H25ClN2O/c1-3-18-13(15(16)11(2)17-18)10-14(19)12-8-6-4-5-7-9-12/h12,14,19H,3-10H2,1-2H3. The molecule has 19 heavy (non-hydrogen) atoms. The van der Waals surface area contributed by atoms with Gasteiger partial charge < -0.3 is 5.11 Å². The SMILES string of the molecule is CCn1nc(C)c(Cl)c1CC(O)C1CCCCCC1. The highest BCUT2D eigenvalue weighted by molar-refractivity contribution is 6.31. The normalized spacial score (nSPS) is 19.4. The average molecular weight is 285 g/mol. The predicted molar refractivity (Wildman–Crippen MR) is 78.6 cm³/mol. The Morgan fingerprint density at radius 2 is 1.95 bits per heavy atom. The molecule has 0 aromatic carbocycles. The minimum atomic E-state index is -0.281. The minimum Gasteiger partial charge on any atom is -0.392 e. The molecule has 0 saturated heterocycles. The molecule has 3 nitrogen and oxygen atoms in total. The highest BCUT2D eigenvalue weighted by atomic mass is 35.5. The summed E-state index contributed by atoms with van der Waals surface area (Å²) in [6, 6.07) is 0. The van der Waals surface area contributed by atoms with Gasteiger partial charge in [0.05, 0.1) is 22.5 Å². The molecule has 0 bridgehead atoms. The van der Waals surface area contributed by atoms with Crippen molar-refractivity contribution in [2.45, 2.75) is 71.4 Å². The molecule has 0 spiro atoms. The van der Waals surface area contributed by atoms with Crippen LogP contribution in [-0.2, 0) is 13.0 Å². The van der Waals surface area contributed by atoms with Crippen LogP contribution >= 0.6 is 11.6 Å². The average Bonchev–Trinajstić information content (AvgIpc) is 2.65. The zero-order valence-electron chi connectivity index (χ0n) is 12.0. The number of nitrogens with zero attached hydrogens (tertiary/aromatic N) is 2. The third kappa shape index (κ3) is 3.51. The smallest absolute Gasteiger partial charge is 0.0848 e. The number of halogens is 1. The zero-order chi connectivity index (χ0) is 13.8. The Morgan fingerprint density at radius 3 is 2.53 bits per heavy atom. The van der Waals surface area contributed by atoms with Gasteiger partial charge in [-0.05, 0) is 32.6 Å². The lowest BCUT2D eigenvalue weighted by Gasteiger charge is -2.21. The van der Waals surface area contributed by atoms with Crippen LogP contribution in [0.2, 0.25) is 5.02 Å². The Bertz CT molecular complexity index is 409. The van der Waals surface area contributed by atoms with Crippen LogP contribution in [0.25, 0.3) is 0 Å². The molecule has 4 heteroatoms. The number of hydrogen-bond acceptors (Lipinski definition) is 2. The van der Waals surface area contributed by atoms with Crippen molar-refractivity contribution >= 4 is 11.6 Å². The van der Waals surface area contributed by atoms with E-state index in [1.807, 2.05) is 11.6 Å². The van der Waals surface area contributed by atoms with Crippen LogP contribution < -0.4 is 0 Å². The number of aliphatic hydroxyl groups is 1. The first kappa shape index (κ1) is 14.9. The van der Waals surface area contributed by atoms with Gasteiger partial charge >= 0.3 is 0 Å². The quantitative estimate of drug-likeness (QED) is 0.856. The molecule has 108 valence electrons. The van der Waals surface area contributed by atoms with E-state index in [2.05, 4.69) is 12.0 Å². The first-order valence-corrected chi connectivity index (χ1v) is 7.91. The van der Waals surface area contributed by atoms with E-state index in [0.717, 1.165) is 35.8 Å². The molecule has 0 amide bonds. The first-order valence-electron chi connectivity index (χ1n) is 7.53. The summed E-state index contributed by atoms with van der Waals surface area (Å²) in [5.74, 6) is 0.430. The number of rotatable bonds is 4. The summed E-state index contributed by atoms with van der Waals surface area (Å²) in [6.45, 7) is 4.79. The van der Waals surface area contributed by atoms with Crippen molar-refractivity contribution in [2.24, 2.45) is 5.92 Å². The summed E-state index contributed by atoms with van der Waals surface area (Å²) in [4.78, 5) is 0. The zero-order valence-corrected chi connectivity index (χ0v) is 12.8. The molecular weight excluding hydrogens is 260 g/mol. The second kappa shape index (κ2) is 6.76. The minimum absolute atomic E-state index is 0.281. The summed E-state index contributed by atoms with van der Waals surface area (Å²) < 4.78 is 1.93. The van der Waals surface area contributed by atoms with E-state index in [1.165, 1.54) is 25.7 Å². The third-order valence-electron chi connectivity index (χ3n) is 4.30. The highest BCUT2D eigenvalue weighted by Crippen LogP contribution is 2.29. The first-order chi connectivity index (χ1) is 9.13. The lowest BCUT2D eigenvalue weighted by molar-refractivity contribution is 0.0966. The summed E-state index contributed by atoms with van der Waals surface area (Å²) in [7, 11) is 0. The molecule has 1 N–H and O–H groups in total. The monoisotopic (exact) mass is 284 g/mol. The maximum Gasteiger partial charge on any atom is 0.0848 e. The van der Waals surface area contributed by atoms with Crippen molar-refractivity contribution in [3.05, 3.63) is 16.4 Å². The van der Waals surface area contributed by atoms with Crippen LogP contribution in [0.3, 0.4) is 0 Å². The second-order valence-corrected chi connectivity index (χ2v) is 6.06. The van der Waals surface area contributed by atoms with Crippen molar-refractivity contribution in [2.75, 3.05) is 0 Å². The van der Waals surface area contributed by atoms with Crippen LogP contribution in [0.15, 0.2) is 0 Å². The van der Waals surface area contributed by atoms with Crippen molar-refractivity contribution in [3.63, 3.8) is 0 Å². The molecule has 1 fully saturated rings. The molecule has 1 aromatic rings. The third-order valence-corrected chi connectivity index (χ3v) is 4.79. The lowest BCUT2D eigenvalue weighted by Crippen LogP contribution is -2.24. The Hall–Kier alpha value is -0.540. The van der Waals surface area contributed by atoms with Crippen LogP contribution in [0, 0.1) is 12.8 Å². The van der Waals surface area contributed by atoms with Gasteiger partial charge in [-0.15, -0.1) is 0 Å². The number of aryl methyl sites for hydroxylation is 2. The van der Waals surface area contributed by atoms with E-state index in [1.54, 1.807) is 0 Å². The van der Waals surface area contributed by atoms with Gasteiger partial charge in [-0.2, -0.15) is 5.10 Å². The fraction of sp³-hybridized carbons (Fsp3) is 0.800. The number of aromatic nitrogens is 2. The van der Waals surface area contributed by atoms with E-state index in [-0.39, 0.29) is 6.10 Å². The largest absolute Gasteiger partial charge is 0.392 e. The molecule has 0 aliphatic heterocycles. The Balaban J connectivity index is 2.07. The van der Waals surface area contributed by atoms with Gasteiger partial charge in [0.1, 0.15) is 0 Å². The van der Waals surface area contributed by atoms with E-state index < -0.39 is 0 Å². The Morgan fingerprint density at radius 1 is 1.32 bits per heavy atom. The van der Waals surface area contributed by atoms with Gasteiger partial charge in [-0.1, -0.05) is 37.3 Å². The fourth-order valence-corrected chi connectivity index (χ4v) is 3.34. The summed E-state index contributed by atoms with van der Waals surface area (Å²) >= 11 is 6.31. The van der Waals surface area contributed by atoms with E-state index >= 15 is 0 Å². The maximum absolute atomic E-state index is 10.5. The van der Waals surface area contributed by atoms with Gasteiger partial charge in [0.15, 0.2) is 0 Å². The predicted octanol–water partition coefficient (Wildman–Crippen LogP) is 3.74. The van der Waals surface area contributed by atoms with Gasteiger partial charge in [-0.3, -0.25) is 4.68 Å². The van der Waals surface area contributed by atoms with Crippen molar-refractivity contribution in [1.29, 1.82) is 0 Å². The van der Waals surface area contributed by atoms with E-state index in [0.29, 0.717) is 12.3 Å². The van der Waals surface area contributed by atoms with Gasteiger partial charge in [-0.25, -0.2) is 0 Å². The van der Waals surface area contributed by atoms with Crippen molar-refractivity contribution in [3.8, 4) is 0 Å². The molecule has 1 heterocycles. The molecule has 1 unspecified atom stereocenters. The molecule has 0 radical (unpaired) electrons. The summed E-state index contributed by atoms with van der Waals surface area (Å²) in [6.07, 6.45) is 7.79. The fourth-order valence-electron chi connectivity index (χ4n) is 3.12. The van der Waals surface area contributed by atoms with Crippen LogP contribution in [0.1, 0.15) is 56.8 Å². The molecule has 1 saturated carbocycles. The van der Waals surface area contributed by atoms with Gasteiger partial charge in [0.25, 0.3) is 0 Å². The van der Waals surface area contributed by atoms with Crippen LogP contribution in [-0.4, -0.2) is 21.0 Å². The molecule has 1 atom stereocenters. The summed E-state index contributed by atoms with van der Waals surface area (Å²) in [5, 5.41) is 15.7. The topological polar surface area (TPSA) is 38.0 Å². The van der Waals surface area contributed by atoms with Gasteiger partial charge in [0.2, 0.25) is 0 Å². The van der Waals surface area contributed by atoms with E-state index in [4.69, 9.17) is 11.6 Å². The molecular formula is C15H25ClN2O. The van der Waals surface area contributed by atoms with Crippen molar-refractivity contribution < 1.29 is 5.11 Å². The van der Waals surface area contributed by atoms with E-state index in [9.17, 15) is 5.11 Å². The second-order valence-electron chi connectivity index (χ2n) is 5.68. The van der Waals surface area contributed by atoms with Gasteiger partial charge in [0, 0.05) is 13.0 Å². The maximum atomic E-state index is 10.5. The Kier molecular flexibility index (Phi) is 5.28. The van der Waals surface area contributed by atoms with Crippen LogP contribution in [0.5, 0.6) is 0 Å². The summed E-state index contributed by atoms with van der Waals surface area (Å²) in [5.41, 5.74) is 1.87. The van der Waals surface area contributed by atoms with Crippen molar-refractivity contribution in [1.82, 2.24) is 9.78 Å². The highest BCUT2D eigenvalue weighted by Gasteiger charge is 2.24. The molecule has 2 rings (SSSR count). The molecule has 1 aliphatic carbocycles. The molecule has 1 aliphatic rings. The lowest BCUT2D eigenvalue weighted by atomic mass is 9.91. The molecule has 1 aromatic heterocycles. The van der Waals surface area contributed by atoms with Crippen LogP contribution in [0.4, 0.5) is 0 Å². The number of hydrogen-bond donors (Lipinski definition) is 1.